The average Bonchev–Trinajstić information content (AvgIpc) is 2.28. The molecule has 0 fully saturated rings. The van der Waals surface area contributed by atoms with Crippen LogP contribution in [-0.4, -0.2) is 17.3 Å². The lowest BCUT2D eigenvalue weighted by molar-refractivity contribution is 0.449. The fraction of sp³-hybridized carbons (Fsp3) is 0.333. The Morgan fingerprint density at radius 1 is 1.27 bits per heavy atom. The molecule has 0 amide bonds. The van der Waals surface area contributed by atoms with Crippen LogP contribution < -0.4 is 4.90 Å². The largest absolute Gasteiger partial charge is 0.508 e. The van der Waals surface area contributed by atoms with Gasteiger partial charge in [0.1, 0.15) is 11.5 Å². The Hall–Kier alpha value is -1.64. The van der Waals surface area contributed by atoms with E-state index in [4.69, 9.17) is 0 Å². The minimum atomic E-state index is -0.250. The normalized spacial score (nSPS) is 18.1. The Morgan fingerprint density at radius 3 is 2.47 bits per heavy atom. The highest BCUT2D eigenvalue weighted by atomic mass is 16.3. The average molecular weight is 205 g/mol. The maximum atomic E-state index is 9.79. The highest BCUT2D eigenvalue weighted by Gasteiger charge is 2.39. The number of nitrogens with zero attached hydrogens (tertiary/aromatic N) is 1. The molecular weight excluding hydrogens is 190 g/mol. The van der Waals surface area contributed by atoms with Crippen molar-refractivity contribution in [2.24, 2.45) is 0 Å². The van der Waals surface area contributed by atoms with E-state index < -0.39 is 0 Å². The fourth-order valence-corrected chi connectivity index (χ4v) is 2.14. The van der Waals surface area contributed by atoms with Crippen LogP contribution >= 0.6 is 0 Å². The maximum absolute atomic E-state index is 9.79. The van der Waals surface area contributed by atoms with Crippen LogP contribution in [0.25, 0.3) is 0 Å². The summed E-state index contributed by atoms with van der Waals surface area (Å²) in [6, 6.07) is 3.04. The number of phenols is 2. The van der Waals surface area contributed by atoms with Gasteiger partial charge in [0.15, 0.2) is 0 Å². The SMILES string of the molecule is C=C1N(C)c2c(O)cc(O)cc2C1(C)C. The summed E-state index contributed by atoms with van der Waals surface area (Å²) in [4.78, 5) is 1.87. The second-order valence-corrected chi connectivity index (χ2v) is 4.49. The first-order valence-electron chi connectivity index (χ1n) is 4.85. The molecule has 0 saturated carbocycles. The molecule has 80 valence electrons. The second kappa shape index (κ2) is 2.69. The Labute approximate surface area is 89.3 Å². The molecule has 0 saturated heterocycles. The van der Waals surface area contributed by atoms with Crippen molar-refractivity contribution in [2.75, 3.05) is 11.9 Å². The highest BCUT2D eigenvalue weighted by Crippen LogP contribution is 2.51. The number of benzene rings is 1. The van der Waals surface area contributed by atoms with Gasteiger partial charge in [0, 0.05) is 24.2 Å². The lowest BCUT2D eigenvalue weighted by Gasteiger charge is -2.22. The van der Waals surface area contributed by atoms with Gasteiger partial charge in [-0.25, -0.2) is 0 Å². The molecule has 1 aromatic carbocycles. The van der Waals surface area contributed by atoms with Crippen molar-refractivity contribution in [1.82, 2.24) is 0 Å². The van der Waals surface area contributed by atoms with Gasteiger partial charge in [0.25, 0.3) is 0 Å². The Kier molecular flexibility index (Phi) is 1.77. The molecule has 1 aliphatic rings. The van der Waals surface area contributed by atoms with E-state index in [1.807, 2.05) is 25.8 Å². The first-order chi connectivity index (χ1) is 6.85. The first kappa shape index (κ1) is 9.90. The number of likely N-dealkylation sites (N-methyl/N-ethyl adjacent to an activating group) is 1. The third-order valence-corrected chi connectivity index (χ3v) is 3.21. The van der Waals surface area contributed by atoms with Crippen LogP contribution in [0.3, 0.4) is 0 Å². The number of allylic oxidation sites excluding steroid dienone is 1. The van der Waals surface area contributed by atoms with Crippen molar-refractivity contribution < 1.29 is 10.2 Å². The third-order valence-electron chi connectivity index (χ3n) is 3.21. The van der Waals surface area contributed by atoms with E-state index in [-0.39, 0.29) is 16.9 Å². The number of rotatable bonds is 0. The van der Waals surface area contributed by atoms with Gasteiger partial charge < -0.3 is 15.1 Å². The monoisotopic (exact) mass is 205 g/mol. The van der Waals surface area contributed by atoms with Crippen molar-refractivity contribution in [1.29, 1.82) is 0 Å². The summed E-state index contributed by atoms with van der Waals surface area (Å²) < 4.78 is 0. The number of hydrogen-bond donors (Lipinski definition) is 2. The summed E-state index contributed by atoms with van der Waals surface area (Å²) in [5, 5.41) is 19.3. The zero-order chi connectivity index (χ0) is 11.4. The quantitative estimate of drug-likeness (QED) is 0.683. The number of aromatic hydroxyl groups is 2. The van der Waals surface area contributed by atoms with Crippen molar-refractivity contribution in [3.8, 4) is 11.5 Å². The molecule has 1 aliphatic heterocycles. The molecule has 2 N–H and O–H groups in total. The fourth-order valence-electron chi connectivity index (χ4n) is 2.14. The summed E-state index contributed by atoms with van der Waals surface area (Å²) in [6.07, 6.45) is 0. The smallest absolute Gasteiger partial charge is 0.143 e. The van der Waals surface area contributed by atoms with Crippen LogP contribution in [0.4, 0.5) is 5.69 Å². The van der Waals surface area contributed by atoms with E-state index in [9.17, 15) is 10.2 Å². The van der Waals surface area contributed by atoms with Gasteiger partial charge in [0.2, 0.25) is 0 Å². The summed E-state index contributed by atoms with van der Waals surface area (Å²) in [5.41, 5.74) is 2.31. The Morgan fingerprint density at radius 2 is 1.87 bits per heavy atom. The summed E-state index contributed by atoms with van der Waals surface area (Å²) in [7, 11) is 1.87. The maximum Gasteiger partial charge on any atom is 0.143 e. The van der Waals surface area contributed by atoms with Crippen LogP contribution in [0.5, 0.6) is 11.5 Å². The van der Waals surface area contributed by atoms with Crippen LogP contribution in [0, 0.1) is 0 Å². The molecule has 0 radical (unpaired) electrons. The molecule has 0 spiro atoms. The highest BCUT2D eigenvalue weighted by molar-refractivity contribution is 5.76. The number of anilines is 1. The molecule has 0 aromatic heterocycles. The minimum absolute atomic E-state index is 0.0856. The van der Waals surface area contributed by atoms with E-state index in [1.165, 1.54) is 6.07 Å². The van der Waals surface area contributed by atoms with Crippen molar-refractivity contribution >= 4 is 5.69 Å². The predicted octanol–water partition coefficient (Wildman–Crippen LogP) is 2.34. The molecule has 2 rings (SSSR count). The molecule has 3 nitrogen and oxygen atoms in total. The zero-order valence-electron chi connectivity index (χ0n) is 9.20. The van der Waals surface area contributed by atoms with Crippen LogP contribution in [0.2, 0.25) is 0 Å². The first-order valence-corrected chi connectivity index (χ1v) is 4.85. The molecule has 3 heteroatoms. The topological polar surface area (TPSA) is 43.7 Å². The number of phenolic OH excluding ortho intramolecular Hbond substituents is 2. The summed E-state index contributed by atoms with van der Waals surface area (Å²) >= 11 is 0. The van der Waals surface area contributed by atoms with Gasteiger partial charge in [-0.1, -0.05) is 20.4 Å². The minimum Gasteiger partial charge on any atom is -0.508 e. The van der Waals surface area contributed by atoms with E-state index in [2.05, 4.69) is 6.58 Å². The van der Waals surface area contributed by atoms with Gasteiger partial charge in [-0.2, -0.15) is 0 Å². The molecule has 1 aromatic rings. The van der Waals surface area contributed by atoms with Crippen molar-refractivity contribution in [3.63, 3.8) is 0 Å². The van der Waals surface area contributed by atoms with Crippen molar-refractivity contribution in [2.45, 2.75) is 19.3 Å². The molecule has 0 aliphatic carbocycles. The third kappa shape index (κ3) is 1.12. The van der Waals surface area contributed by atoms with E-state index in [0.29, 0.717) is 0 Å². The molecular formula is C12H15NO2. The van der Waals surface area contributed by atoms with Gasteiger partial charge in [-0.05, 0) is 11.6 Å². The van der Waals surface area contributed by atoms with Gasteiger partial charge in [-0.15, -0.1) is 0 Å². The van der Waals surface area contributed by atoms with E-state index in [0.717, 1.165) is 16.9 Å². The second-order valence-electron chi connectivity index (χ2n) is 4.49. The van der Waals surface area contributed by atoms with Crippen LogP contribution in [0.1, 0.15) is 19.4 Å². The lowest BCUT2D eigenvalue weighted by atomic mass is 9.84. The molecule has 1 heterocycles. The van der Waals surface area contributed by atoms with E-state index in [1.54, 1.807) is 6.07 Å². The predicted molar refractivity (Wildman–Crippen MR) is 60.3 cm³/mol. The standard InChI is InChI=1S/C12H15NO2/c1-7-12(2,3)9-5-8(14)6-10(15)11(9)13(7)4/h5-6,14-15H,1H2,2-4H3. The number of hydrogen-bond acceptors (Lipinski definition) is 3. The Balaban J connectivity index is 2.77. The molecule has 0 atom stereocenters. The van der Waals surface area contributed by atoms with E-state index >= 15 is 0 Å². The van der Waals surface area contributed by atoms with Gasteiger partial charge >= 0.3 is 0 Å². The van der Waals surface area contributed by atoms with Crippen molar-refractivity contribution in [3.05, 3.63) is 30.0 Å². The van der Waals surface area contributed by atoms with Gasteiger partial charge in [0.05, 0.1) is 5.69 Å². The van der Waals surface area contributed by atoms with Gasteiger partial charge in [-0.3, -0.25) is 0 Å². The number of fused-ring (bicyclic) bond motifs is 1. The van der Waals surface area contributed by atoms with Crippen LogP contribution in [-0.2, 0) is 5.41 Å². The van der Waals surface area contributed by atoms with Crippen LogP contribution in [0.15, 0.2) is 24.4 Å². The summed E-state index contributed by atoms with van der Waals surface area (Å²) in [5.74, 6) is 0.182. The molecule has 0 unspecified atom stereocenters. The summed E-state index contributed by atoms with van der Waals surface area (Å²) in [6.45, 7) is 8.06. The molecule has 0 bridgehead atoms. The molecule has 15 heavy (non-hydrogen) atoms. The zero-order valence-corrected chi connectivity index (χ0v) is 9.20. The Bertz CT molecular complexity index is 449. The lowest BCUT2D eigenvalue weighted by Crippen LogP contribution is -2.21.